The van der Waals surface area contributed by atoms with Crippen molar-refractivity contribution in [1.82, 2.24) is 5.32 Å². The van der Waals surface area contributed by atoms with Crippen molar-refractivity contribution in [2.75, 3.05) is 39.9 Å². The molecule has 2 aliphatic carbocycles. The Kier molecular flexibility index (Phi) is 16.9. The van der Waals surface area contributed by atoms with Gasteiger partial charge < -0.3 is 54.9 Å². The second-order valence-electron chi connectivity index (χ2n) is 14.9. The van der Waals surface area contributed by atoms with E-state index in [-0.39, 0.29) is 59.6 Å². The first-order valence-corrected chi connectivity index (χ1v) is 21.8. The van der Waals surface area contributed by atoms with E-state index in [1.165, 1.54) is 67.9 Å². The summed E-state index contributed by atoms with van der Waals surface area (Å²) >= 11 is 0. The maximum Gasteiger partial charge on any atom is 0.200 e. The Bertz CT molecular complexity index is 1380. The standard InChI is InChI=1S/C40H61NO10S2/c1-48-37-17-26(18-38(49-2)40(37)47)16-32-33(44)20-30(50-24-43)13-10-27-19-36(34(45)21-31(27)39(14-15-42)53-52-23-35(32)46)51-29-11-8-25(9-12-29)22-41-28-6-4-3-5-7-28/h17-19,21,25,28-30,32-33,35,39,41-47H,3-16,20,22-24H2,1-2H3. The number of ether oxygens (including phenoxy) is 4. The zero-order valence-electron chi connectivity index (χ0n) is 31.3. The van der Waals surface area contributed by atoms with Crippen molar-refractivity contribution in [1.29, 1.82) is 0 Å². The Morgan fingerprint density at radius 2 is 1.53 bits per heavy atom. The van der Waals surface area contributed by atoms with E-state index in [2.05, 4.69) is 5.32 Å². The topological polar surface area (TPSA) is 170 Å². The first-order chi connectivity index (χ1) is 25.7. The average molecular weight is 780 g/mol. The largest absolute Gasteiger partial charge is 0.504 e. The molecule has 0 spiro atoms. The van der Waals surface area contributed by atoms with Gasteiger partial charge in [0.1, 0.15) is 6.79 Å². The minimum absolute atomic E-state index is 0.0189. The molecule has 7 N–H and O–H groups in total. The third kappa shape index (κ3) is 11.9. The van der Waals surface area contributed by atoms with E-state index in [0.29, 0.717) is 42.5 Å². The second-order valence-corrected chi connectivity index (χ2v) is 17.6. The molecule has 2 aromatic carbocycles. The SMILES string of the molecule is COc1cc(CC2C(O)CSSC(CCO)c3cc(O)c(OC4CCC(CNC5CCCCC5)CC4)cc3CCC(OCO)CC2O)cc(OC)c1O. The van der Waals surface area contributed by atoms with Crippen molar-refractivity contribution in [3.05, 3.63) is 41.0 Å². The van der Waals surface area contributed by atoms with Crippen molar-refractivity contribution in [2.45, 2.75) is 126 Å². The quantitative estimate of drug-likeness (QED) is 0.0930. The summed E-state index contributed by atoms with van der Waals surface area (Å²) in [6, 6.07) is 7.69. The molecule has 1 heterocycles. The fourth-order valence-corrected chi connectivity index (χ4v) is 11.1. The minimum atomic E-state index is -0.988. The lowest BCUT2D eigenvalue weighted by atomic mass is 9.85. The molecule has 3 aliphatic rings. The molecule has 5 atom stereocenters. The number of aromatic hydroxyl groups is 2. The van der Waals surface area contributed by atoms with Crippen LogP contribution in [-0.4, -0.2) is 101 Å². The number of rotatable bonds is 13. The summed E-state index contributed by atoms with van der Waals surface area (Å²) in [6.45, 7) is 0.485. The highest BCUT2D eigenvalue weighted by Gasteiger charge is 2.33. The van der Waals surface area contributed by atoms with Crippen molar-refractivity contribution in [3.8, 4) is 28.7 Å². The fourth-order valence-electron chi connectivity index (χ4n) is 8.20. The Hall–Kier alpha value is -2.10. The van der Waals surface area contributed by atoms with Gasteiger partial charge in [0.15, 0.2) is 23.0 Å². The molecule has 5 rings (SSSR count). The van der Waals surface area contributed by atoms with Crippen LogP contribution in [0.2, 0.25) is 0 Å². The van der Waals surface area contributed by atoms with Crippen molar-refractivity contribution in [2.24, 2.45) is 11.8 Å². The number of benzene rings is 2. The molecule has 53 heavy (non-hydrogen) atoms. The predicted molar refractivity (Wildman–Crippen MR) is 209 cm³/mol. The zero-order valence-corrected chi connectivity index (χ0v) is 32.9. The second kappa shape index (κ2) is 21.3. The molecule has 298 valence electrons. The molecule has 2 fully saturated rings. The smallest absolute Gasteiger partial charge is 0.200 e. The summed E-state index contributed by atoms with van der Waals surface area (Å²) in [7, 11) is 5.88. The van der Waals surface area contributed by atoms with Gasteiger partial charge in [-0.15, -0.1) is 0 Å². The summed E-state index contributed by atoms with van der Waals surface area (Å²) in [5.41, 5.74) is 2.55. The normalized spacial score (nSPS) is 27.8. The fraction of sp³-hybridized carbons (Fsp3) is 0.700. The summed E-state index contributed by atoms with van der Waals surface area (Å²) in [5.74, 6) is 1.16. The highest BCUT2D eigenvalue weighted by atomic mass is 33.1. The zero-order chi connectivity index (χ0) is 37.7. The average Bonchev–Trinajstić information content (AvgIpc) is 3.17. The van der Waals surface area contributed by atoms with Crippen LogP contribution < -0.4 is 19.5 Å². The molecule has 0 aromatic heterocycles. The van der Waals surface area contributed by atoms with E-state index in [1.54, 1.807) is 18.2 Å². The molecule has 5 unspecified atom stereocenters. The monoisotopic (exact) mass is 779 g/mol. The van der Waals surface area contributed by atoms with Gasteiger partial charge in [-0.3, -0.25) is 0 Å². The van der Waals surface area contributed by atoms with Crippen LogP contribution in [0, 0.1) is 11.8 Å². The van der Waals surface area contributed by atoms with Crippen LogP contribution in [0.4, 0.5) is 0 Å². The molecule has 0 radical (unpaired) electrons. The number of hydrogen-bond acceptors (Lipinski definition) is 13. The molecule has 13 heteroatoms. The Balaban J connectivity index is 1.31. The molecular weight excluding hydrogens is 719 g/mol. The van der Waals surface area contributed by atoms with Gasteiger partial charge in [-0.05, 0) is 124 Å². The van der Waals surface area contributed by atoms with Crippen molar-refractivity contribution in [3.63, 3.8) is 0 Å². The van der Waals surface area contributed by atoms with Gasteiger partial charge in [0.2, 0.25) is 5.75 Å². The lowest BCUT2D eigenvalue weighted by Gasteiger charge is -2.31. The van der Waals surface area contributed by atoms with Gasteiger partial charge in [-0.2, -0.15) is 0 Å². The molecule has 2 aromatic rings. The van der Waals surface area contributed by atoms with Gasteiger partial charge in [-0.1, -0.05) is 40.9 Å². The first kappa shape index (κ1) is 42.1. The number of aryl methyl sites for hydroxylation is 1. The highest BCUT2D eigenvalue weighted by Crippen LogP contribution is 2.46. The van der Waals surface area contributed by atoms with Crippen LogP contribution in [0.25, 0.3) is 0 Å². The van der Waals surface area contributed by atoms with Crippen molar-refractivity contribution < 1.29 is 49.6 Å². The molecule has 0 amide bonds. The van der Waals surface area contributed by atoms with E-state index in [0.717, 1.165) is 43.4 Å². The first-order valence-electron chi connectivity index (χ1n) is 19.4. The summed E-state index contributed by atoms with van der Waals surface area (Å²) < 4.78 is 22.9. The molecular formula is C40H61NO10S2. The van der Waals surface area contributed by atoms with Gasteiger partial charge in [0.05, 0.1) is 38.6 Å². The number of methoxy groups -OCH3 is 2. The molecule has 2 saturated carbocycles. The highest BCUT2D eigenvalue weighted by molar-refractivity contribution is 8.76. The number of fused-ring (bicyclic) bond motifs is 1. The molecule has 0 bridgehead atoms. The summed E-state index contributed by atoms with van der Waals surface area (Å²) in [6.07, 6.45) is 10.1. The number of phenolic OH excluding ortho intramolecular Hbond substituents is 2. The lowest BCUT2D eigenvalue weighted by molar-refractivity contribution is -0.0808. The Morgan fingerprint density at radius 3 is 2.19 bits per heavy atom. The van der Waals surface area contributed by atoms with Crippen LogP contribution >= 0.6 is 21.6 Å². The maximum atomic E-state index is 11.6. The van der Waals surface area contributed by atoms with Crippen LogP contribution in [0.1, 0.15) is 99.0 Å². The number of hydrogen-bond donors (Lipinski definition) is 7. The van der Waals surface area contributed by atoms with E-state index in [9.17, 15) is 30.6 Å². The van der Waals surface area contributed by atoms with E-state index < -0.39 is 31.0 Å². The van der Waals surface area contributed by atoms with Gasteiger partial charge in [0, 0.05) is 29.6 Å². The molecule has 1 aliphatic heterocycles. The van der Waals surface area contributed by atoms with Gasteiger partial charge in [0.25, 0.3) is 0 Å². The van der Waals surface area contributed by atoms with Crippen LogP contribution in [0.15, 0.2) is 24.3 Å². The minimum Gasteiger partial charge on any atom is -0.504 e. The number of aliphatic hydroxyl groups is 4. The Labute approximate surface area is 322 Å². The van der Waals surface area contributed by atoms with Gasteiger partial charge >= 0.3 is 0 Å². The molecule has 0 saturated heterocycles. The maximum absolute atomic E-state index is 11.6. The third-order valence-corrected chi connectivity index (χ3v) is 14.2. The van der Waals surface area contributed by atoms with Crippen LogP contribution in [-0.2, 0) is 17.6 Å². The van der Waals surface area contributed by atoms with Crippen LogP contribution in [0.5, 0.6) is 28.7 Å². The van der Waals surface area contributed by atoms with Crippen LogP contribution in [0.3, 0.4) is 0 Å². The molecule has 11 nitrogen and oxygen atoms in total. The van der Waals surface area contributed by atoms with Gasteiger partial charge in [-0.25, -0.2) is 0 Å². The third-order valence-electron chi connectivity index (χ3n) is 11.3. The number of nitrogens with one attached hydrogen (secondary N) is 1. The van der Waals surface area contributed by atoms with Crippen molar-refractivity contribution >= 4 is 21.6 Å². The van der Waals surface area contributed by atoms with E-state index in [4.69, 9.17) is 18.9 Å². The van der Waals surface area contributed by atoms with E-state index in [1.807, 2.05) is 6.07 Å². The summed E-state index contributed by atoms with van der Waals surface area (Å²) in [4.78, 5) is 0. The Morgan fingerprint density at radius 1 is 0.811 bits per heavy atom. The predicted octanol–water partition coefficient (Wildman–Crippen LogP) is 6.03. The number of aliphatic hydroxyl groups excluding tert-OH is 4. The number of phenols is 2. The lowest BCUT2D eigenvalue weighted by Crippen LogP contribution is -2.38. The summed E-state index contributed by atoms with van der Waals surface area (Å²) in [5, 5.41) is 68.4. The van der Waals surface area contributed by atoms with E-state index >= 15 is 0 Å².